The van der Waals surface area contributed by atoms with E-state index in [4.69, 9.17) is 5.73 Å². The highest BCUT2D eigenvalue weighted by Gasteiger charge is 2.24. The molecule has 0 radical (unpaired) electrons. The zero-order valence-electron chi connectivity index (χ0n) is 12.6. The molecule has 5 nitrogen and oxygen atoms in total. The number of carbonyl (C=O) groups is 1. The maximum Gasteiger partial charge on any atom is 0.220 e. The highest BCUT2D eigenvalue weighted by Crippen LogP contribution is 2.29. The molecular formula is C15H26N4O. The number of nitrogens with zero attached hydrogens (tertiary/aromatic N) is 2. The second-order valence-electron chi connectivity index (χ2n) is 5.90. The van der Waals surface area contributed by atoms with Crippen molar-refractivity contribution < 1.29 is 4.79 Å². The maximum absolute atomic E-state index is 12.1. The Balaban J connectivity index is 1.86. The summed E-state index contributed by atoms with van der Waals surface area (Å²) in [7, 11) is 1.97. The summed E-state index contributed by atoms with van der Waals surface area (Å²) in [5.41, 5.74) is 7.99. The Morgan fingerprint density at radius 2 is 2.40 bits per heavy atom. The first-order valence-electron chi connectivity index (χ1n) is 7.62. The minimum absolute atomic E-state index is 0.143. The quantitative estimate of drug-likeness (QED) is 0.831. The topological polar surface area (TPSA) is 72.9 Å². The molecule has 1 heterocycles. The van der Waals surface area contributed by atoms with E-state index in [0.29, 0.717) is 18.9 Å². The van der Waals surface area contributed by atoms with E-state index in [1.54, 1.807) is 0 Å². The monoisotopic (exact) mass is 278 g/mol. The van der Waals surface area contributed by atoms with E-state index in [0.717, 1.165) is 32.1 Å². The lowest BCUT2D eigenvalue weighted by Gasteiger charge is -2.24. The van der Waals surface area contributed by atoms with Gasteiger partial charge >= 0.3 is 0 Å². The van der Waals surface area contributed by atoms with Gasteiger partial charge in [0.2, 0.25) is 5.91 Å². The van der Waals surface area contributed by atoms with Crippen LogP contribution in [0.25, 0.3) is 0 Å². The summed E-state index contributed by atoms with van der Waals surface area (Å²) in [5.74, 6) is 0.668. The zero-order chi connectivity index (χ0) is 14.5. The van der Waals surface area contributed by atoms with Crippen molar-refractivity contribution in [1.82, 2.24) is 15.1 Å². The molecule has 1 aliphatic rings. The molecule has 1 aliphatic carbocycles. The average molecular weight is 278 g/mol. The molecule has 112 valence electrons. The number of fused-ring (bicyclic) bond motifs is 1. The lowest BCUT2D eigenvalue weighted by Crippen LogP contribution is -2.31. The van der Waals surface area contributed by atoms with Crippen LogP contribution in [0.3, 0.4) is 0 Å². The smallest absolute Gasteiger partial charge is 0.220 e. The summed E-state index contributed by atoms with van der Waals surface area (Å²) >= 11 is 0. The highest BCUT2D eigenvalue weighted by molar-refractivity contribution is 5.76. The first kappa shape index (κ1) is 15.0. The number of nitrogens with one attached hydrogen (secondary N) is 1. The van der Waals surface area contributed by atoms with Gasteiger partial charge in [-0.05, 0) is 44.6 Å². The van der Waals surface area contributed by atoms with Gasteiger partial charge in [0.05, 0.1) is 12.2 Å². The fourth-order valence-corrected chi connectivity index (χ4v) is 2.93. The number of rotatable bonds is 6. The fourth-order valence-electron chi connectivity index (χ4n) is 2.93. The van der Waals surface area contributed by atoms with Crippen LogP contribution in [-0.2, 0) is 18.3 Å². The van der Waals surface area contributed by atoms with Crippen LogP contribution in [0, 0.1) is 5.92 Å². The molecule has 1 amide bonds. The molecule has 0 aliphatic heterocycles. The number of nitrogens with two attached hydrogens (primary N) is 1. The van der Waals surface area contributed by atoms with Crippen molar-refractivity contribution in [2.45, 2.75) is 51.5 Å². The Morgan fingerprint density at radius 3 is 3.15 bits per heavy atom. The van der Waals surface area contributed by atoms with E-state index in [1.165, 1.54) is 11.3 Å². The molecule has 2 atom stereocenters. The molecule has 0 aromatic carbocycles. The first-order valence-corrected chi connectivity index (χ1v) is 7.62. The molecule has 5 heteroatoms. The number of aromatic nitrogens is 2. The predicted molar refractivity (Wildman–Crippen MR) is 79.1 cm³/mol. The molecule has 0 fully saturated rings. The second-order valence-corrected chi connectivity index (χ2v) is 5.90. The molecule has 20 heavy (non-hydrogen) atoms. The van der Waals surface area contributed by atoms with Crippen molar-refractivity contribution in [2.24, 2.45) is 18.7 Å². The third kappa shape index (κ3) is 3.60. The van der Waals surface area contributed by atoms with Crippen molar-refractivity contribution in [1.29, 1.82) is 0 Å². The van der Waals surface area contributed by atoms with Crippen LogP contribution in [0.2, 0.25) is 0 Å². The standard InChI is InChI=1S/C15H26N4O/c1-11(8-9-16)6-7-15(20)18-13-4-3-5-14-12(13)10-17-19(14)2/h10-11,13H,3-9,16H2,1-2H3,(H,18,20). The lowest BCUT2D eigenvalue weighted by atomic mass is 9.92. The van der Waals surface area contributed by atoms with E-state index >= 15 is 0 Å². The van der Waals surface area contributed by atoms with Crippen LogP contribution in [-0.4, -0.2) is 22.2 Å². The number of aryl methyl sites for hydroxylation is 1. The Kier molecular flexibility index (Phi) is 5.17. The lowest BCUT2D eigenvalue weighted by molar-refractivity contribution is -0.122. The summed E-state index contributed by atoms with van der Waals surface area (Å²) in [6.45, 7) is 2.85. The SMILES string of the molecule is CC(CCN)CCC(=O)NC1CCCc2c1cnn2C. The van der Waals surface area contributed by atoms with Gasteiger partial charge in [0.1, 0.15) is 0 Å². The summed E-state index contributed by atoms with van der Waals surface area (Å²) < 4.78 is 1.93. The highest BCUT2D eigenvalue weighted by atomic mass is 16.1. The van der Waals surface area contributed by atoms with Crippen molar-refractivity contribution in [3.63, 3.8) is 0 Å². The van der Waals surface area contributed by atoms with Gasteiger partial charge in [-0.25, -0.2) is 0 Å². The van der Waals surface area contributed by atoms with Crippen LogP contribution >= 0.6 is 0 Å². The molecule has 0 spiro atoms. The van der Waals surface area contributed by atoms with Gasteiger partial charge in [0.15, 0.2) is 0 Å². The van der Waals surface area contributed by atoms with Gasteiger partial charge in [0, 0.05) is 24.7 Å². The number of carbonyl (C=O) groups excluding carboxylic acids is 1. The summed E-state index contributed by atoms with van der Waals surface area (Å²) in [6, 6.07) is 0.143. The fraction of sp³-hybridized carbons (Fsp3) is 0.733. The second kappa shape index (κ2) is 6.88. The maximum atomic E-state index is 12.1. The molecule has 1 aromatic heterocycles. The van der Waals surface area contributed by atoms with E-state index in [2.05, 4.69) is 17.3 Å². The van der Waals surface area contributed by atoms with Gasteiger partial charge in [0.25, 0.3) is 0 Å². The summed E-state index contributed by atoms with van der Waals surface area (Å²) in [6.07, 6.45) is 7.58. The Hall–Kier alpha value is -1.36. The van der Waals surface area contributed by atoms with Gasteiger partial charge in [-0.2, -0.15) is 5.10 Å². The molecule has 1 aromatic rings. The van der Waals surface area contributed by atoms with Crippen molar-refractivity contribution in [3.05, 3.63) is 17.5 Å². The third-order valence-electron chi connectivity index (χ3n) is 4.23. The van der Waals surface area contributed by atoms with Crippen LogP contribution in [0.1, 0.15) is 56.3 Å². The largest absolute Gasteiger partial charge is 0.349 e. The third-order valence-corrected chi connectivity index (χ3v) is 4.23. The van der Waals surface area contributed by atoms with Crippen molar-refractivity contribution >= 4 is 5.91 Å². The normalized spacial score (nSPS) is 19.4. The molecule has 0 bridgehead atoms. The van der Waals surface area contributed by atoms with Gasteiger partial charge in [-0.3, -0.25) is 9.48 Å². The molecule has 0 saturated heterocycles. The molecule has 0 saturated carbocycles. The van der Waals surface area contributed by atoms with E-state index in [1.807, 2.05) is 17.9 Å². The molecule has 3 N–H and O–H groups in total. The summed E-state index contributed by atoms with van der Waals surface area (Å²) in [5, 5.41) is 7.47. The van der Waals surface area contributed by atoms with E-state index in [-0.39, 0.29) is 11.9 Å². The van der Waals surface area contributed by atoms with Crippen LogP contribution in [0.5, 0.6) is 0 Å². The minimum Gasteiger partial charge on any atom is -0.349 e. The van der Waals surface area contributed by atoms with Crippen LogP contribution in [0.4, 0.5) is 0 Å². The number of hydrogen-bond donors (Lipinski definition) is 2. The Morgan fingerprint density at radius 1 is 1.60 bits per heavy atom. The Bertz CT molecular complexity index is 455. The van der Waals surface area contributed by atoms with Gasteiger partial charge < -0.3 is 11.1 Å². The van der Waals surface area contributed by atoms with Crippen LogP contribution < -0.4 is 11.1 Å². The van der Waals surface area contributed by atoms with Gasteiger partial charge in [-0.1, -0.05) is 6.92 Å². The van der Waals surface area contributed by atoms with Crippen molar-refractivity contribution in [2.75, 3.05) is 6.54 Å². The number of amides is 1. The first-order chi connectivity index (χ1) is 9.61. The predicted octanol–water partition coefficient (Wildman–Crippen LogP) is 1.68. The van der Waals surface area contributed by atoms with Gasteiger partial charge in [-0.15, -0.1) is 0 Å². The molecule has 2 unspecified atom stereocenters. The summed E-state index contributed by atoms with van der Waals surface area (Å²) in [4.78, 5) is 12.1. The Labute approximate surface area is 120 Å². The van der Waals surface area contributed by atoms with E-state index < -0.39 is 0 Å². The molecule has 2 rings (SSSR count). The van der Waals surface area contributed by atoms with E-state index in [9.17, 15) is 4.79 Å². The van der Waals surface area contributed by atoms with Crippen LogP contribution in [0.15, 0.2) is 6.20 Å². The minimum atomic E-state index is 0.143. The van der Waals surface area contributed by atoms with Crippen molar-refractivity contribution in [3.8, 4) is 0 Å². The number of hydrogen-bond acceptors (Lipinski definition) is 3. The average Bonchev–Trinajstić information content (AvgIpc) is 2.80. The zero-order valence-corrected chi connectivity index (χ0v) is 12.6. The molecular weight excluding hydrogens is 252 g/mol.